The van der Waals surface area contributed by atoms with Crippen molar-refractivity contribution >= 4 is 5.91 Å². The molecule has 1 amide bonds. The molecule has 1 rings (SSSR count). The molecule has 1 fully saturated rings. The van der Waals surface area contributed by atoms with Gasteiger partial charge in [0.15, 0.2) is 0 Å². The molecule has 0 aliphatic carbocycles. The molecule has 100 valence electrons. The molecule has 0 aromatic carbocycles. The van der Waals surface area contributed by atoms with E-state index in [0.29, 0.717) is 18.6 Å². The van der Waals surface area contributed by atoms with E-state index in [1.165, 1.54) is 0 Å². The summed E-state index contributed by atoms with van der Waals surface area (Å²) in [6.07, 6.45) is 2.29. The van der Waals surface area contributed by atoms with Crippen LogP contribution in [0.25, 0.3) is 0 Å². The second-order valence-corrected chi connectivity index (χ2v) is 5.32. The maximum Gasteiger partial charge on any atom is 0.234 e. The second-order valence-electron chi connectivity index (χ2n) is 5.32. The Morgan fingerprint density at radius 2 is 2.24 bits per heavy atom. The van der Waals surface area contributed by atoms with Gasteiger partial charge in [-0.05, 0) is 46.7 Å². The zero-order chi connectivity index (χ0) is 12.8. The predicted molar refractivity (Wildman–Crippen MR) is 71.0 cm³/mol. The maximum atomic E-state index is 11.8. The Morgan fingerprint density at radius 3 is 2.76 bits per heavy atom. The summed E-state index contributed by atoms with van der Waals surface area (Å²) in [5.41, 5.74) is 0. The molecule has 0 aromatic heterocycles. The Bertz CT molecular complexity index is 243. The minimum atomic E-state index is 0.146. The lowest BCUT2D eigenvalue weighted by atomic mass is 9.99. The average Bonchev–Trinajstić information content (AvgIpc) is 2.24. The van der Waals surface area contributed by atoms with E-state index in [-0.39, 0.29) is 11.9 Å². The van der Waals surface area contributed by atoms with Crippen molar-refractivity contribution in [2.75, 3.05) is 19.6 Å². The molecule has 1 aliphatic rings. The van der Waals surface area contributed by atoms with E-state index in [2.05, 4.69) is 29.4 Å². The Balaban J connectivity index is 2.44. The Morgan fingerprint density at radius 1 is 1.53 bits per heavy atom. The summed E-state index contributed by atoms with van der Waals surface area (Å²) in [5.74, 6) is 0.146. The lowest BCUT2D eigenvalue weighted by Gasteiger charge is -2.36. The number of nitrogens with one attached hydrogen (secondary N) is 2. The van der Waals surface area contributed by atoms with Crippen molar-refractivity contribution < 1.29 is 4.79 Å². The highest BCUT2D eigenvalue weighted by Gasteiger charge is 2.24. The minimum absolute atomic E-state index is 0.146. The van der Waals surface area contributed by atoms with Crippen molar-refractivity contribution in [1.29, 1.82) is 0 Å². The predicted octanol–water partition coefficient (Wildman–Crippen LogP) is 0.973. The van der Waals surface area contributed by atoms with E-state index in [1.54, 1.807) is 0 Å². The number of nitrogens with zero attached hydrogens (tertiary/aromatic N) is 1. The molecule has 0 spiro atoms. The molecular weight excluding hydrogens is 214 g/mol. The molecule has 0 aromatic rings. The van der Waals surface area contributed by atoms with Crippen LogP contribution in [0, 0.1) is 0 Å². The van der Waals surface area contributed by atoms with Gasteiger partial charge in [0, 0.05) is 18.1 Å². The monoisotopic (exact) mass is 241 g/mol. The van der Waals surface area contributed by atoms with Gasteiger partial charge in [-0.1, -0.05) is 6.92 Å². The smallest absolute Gasteiger partial charge is 0.234 e. The molecule has 0 saturated carbocycles. The van der Waals surface area contributed by atoms with Gasteiger partial charge in [-0.25, -0.2) is 0 Å². The molecule has 4 nitrogen and oxygen atoms in total. The van der Waals surface area contributed by atoms with Crippen molar-refractivity contribution in [3.05, 3.63) is 0 Å². The Kier molecular flexibility index (Phi) is 5.92. The van der Waals surface area contributed by atoms with Gasteiger partial charge >= 0.3 is 0 Å². The standard InChI is InChI=1S/C13H27N3O/c1-5-16(9-13(17)15-10(2)3)12-6-7-14-11(4)8-12/h10-12,14H,5-9H2,1-4H3,(H,15,17). The number of rotatable bonds is 5. The third-order valence-corrected chi connectivity index (χ3v) is 3.31. The first-order chi connectivity index (χ1) is 8.02. The van der Waals surface area contributed by atoms with Crippen LogP contribution in [0.4, 0.5) is 0 Å². The number of hydrogen-bond acceptors (Lipinski definition) is 3. The first-order valence-corrected chi connectivity index (χ1v) is 6.79. The summed E-state index contributed by atoms with van der Waals surface area (Å²) >= 11 is 0. The van der Waals surface area contributed by atoms with Gasteiger partial charge in [0.05, 0.1) is 6.54 Å². The van der Waals surface area contributed by atoms with Crippen LogP contribution >= 0.6 is 0 Å². The van der Waals surface area contributed by atoms with Crippen LogP contribution in [0.2, 0.25) is 0 Å². The number of likely N-dealkylation sites (N-methyl/N-ethyl adjacent to an activating group) is 1. The highest BCUT2D eigenvalue weighted by atomic mass is 16.2. The zero-order valence-electron chi connectivity index (χ0n) is 11.6. The van der Waals surface area contributed by atoms with Crippen LogP contribution in [-0.2, 0) is 4.79 Å². The van der Waals surface area contributed by atoms with Crippen molar-refractivity contribution in [2.24, 2.45) is 0 Å². The van der Waals surface area contributed by atoms with E-state index in [0.717, 1.165) is 25.9 Å². The quantitative estimate of drug-likeness (QED) is 0.754. The van der Waals surface area contributed by atoms with Crippen LogP contribution in [0.15, 0.2) is 0 Å². The summed E-state index contributed by atoms with van der Waals surface area (Å²) in [6.45, 7) is 10.9. The Labute approximate surface area is 105 Å². The normalized spacial score (nSPS) is 25.3. The Hall–Kier alpha value is -0.610. The molecule has 0 bridgehead atoms. The number of carbonyl (C=O) groups is 1. The van der Waals surface area contributed by atoms with E-state index in [4.69, 9.17) is 0 Å². The van der Waals surface area contributed by atoms with Crippen molar-refractivity contribution in [3.63, 3.8) is 0 Å². The van der Waals surface area contributed by atoms with Gasteiger partial charge in [-0.3, -0.25) is 9.69 Å². The largest absolute Gasteiger partial charge is 0.353 e. The third-order valence-electron chi connectivity index (χ3n) is 3.31. The summed E-state index contributed by atoms with van der Waals surface area (Å²) in [4.78, 5) is 14.1. The highest BCUT2D eigenvalue weighted by molar-refractivity contribution is 5.78. The molecule has 2 unspecified atom stereocenters. The summed E-state index contributed by atoms with van der Waals surface area (Å²) in [7, 11) is 0. The fraction of sp³-hybridized carbons (Fsp3) is 0.923. The van der Waals surface area contributed by atoms with Crippen LogP contribution in [0.3, 0.4) is 0 Å². The van der Waals surface area contributed by atoms with Gasteiger partial charge in [-0.15, -0.1) is 0 Å². The summed E-state index contributed by atoms with van der Waals surface area (Å²) in [5, 5.41) is 6.41. The second kappa shape index (κ2) is 6.97. The van der Waals surface area contributed by atoms with Gasteiger partial charge in [0.2, 0.25) is 5.91 Å². The number of amides is 1. The molecular formula is C13H27N3O. The molecule has 4 heteroatoms. The number of hydrogen-bond donors (Lipinski definition) is 2. The topological polar surface area (TPSA) is 44.4 Å². The maximum absolute atomic E-state index is 11.8. The zero-order valence-corrected chi connectivity index (χ0v) is 11.6. The molecule has 1 aliphatic heterocycles. The van der Waals surface area contributed by atoms with Crippen molar-refractivity contribution in [1.82, 2.24) is 15.5 Å². The van der Waals surface area contributed by atoms with Crippen LogP contribution in [-0.4, -0.2) is 48.6 Å². The first kappa shape index (κ1) is 14.5. The van der Waals surface area contributed by atoms with Crippen molar-refractivity contribution in [3.8, 4) is 0 Å². The van der Waals surface area contributed by atoms with Crippen molar-refractivity contribution in [2.45, 2.75) is 58.7 Å². The number of carbonyl (C=O) groups excluding carboxylic acids is 1. The summed E-state index contributed by atoms with van der Waals surface area (Å²) < 4.78 is 0. The van der Waals surface area contributed by atoms with Crippen LogP contribution in [0.1, 0.15) is 40.5 Å². The SMILES string of the molecule is CCN(CC(=O)NC(C)C)C1CCNC(C)C1. The van der Waals surface area contributed by atoms with E-state index >= 15 is 0 Å². The molecule has 0 radical (unpaired) electrons. The van der Waals surface area contributed by atoms with Gasteiger partial charge in [0.1, 0.15) is 0 Å². The van der Waals surface area contributed by atoms with Gasteiger partial charge < -0.3 is 10.6 Å². The minimum Gasteiger partial charge on any atom is -0.353 e. The van der Waals surface area contributed by atoms with Crippen LogP contribution in [0.5, 0.6) is 0 Å². The van der Waals surface area contributed by atoms with Gasteiger partial charge in [0.25, 0.3) is 0 Å². The van der Waals surface area contributed by atoms with E-state index in [9.17, 15) is 4.79 Å². The fourth-order valence-electron chi connectivity index (χ4n) is 2.49. The number of piperidine rings is 1. The molecule has 2 atom stereocenters. The molecule has 1 saturated heterocycles. The van der Waals surface area contributed by atoms with E-state index < -0.39 is 0 Å². The summed E-state index contributed by atoms with van der Waals surface area (Å²) in [6, 6.07) is 1.35. The van der Waals surface area contributed by atoms with Crippen LogP contribution < -0.4 is 10.6 Å². The van der Waals surface area contributed by atoms with Gasteiger partial charge in [-0.2, -0.15) is 0 Å². The molecule has 17 heavy (non-hydrogen) atoms. The molecule has 1 heterocycles. The fourth-order valence-corrected chi connectivity index (χ4v) is 2.49. The van der Waals surface area contributed by atoms with E-state index in [1.807, 2.05) is 13.8 Å². The third kappa shape index (κ3) is 5.04. The highest BCUT2D eigenvalue weighted by Crippen LogP contribution is 2.15. The molecule has 2 N–H and O–H groups in total. The average molecular weight is 241 g/mol. The first-order valence-electron chi connectivity index (χ1n) is 6.79. The lowest BCUT2D eigenvalue weighted by Crippen LogP contribution is -2.50. The lowest BCUT2D eigenvalue weighted by molar-refractivity contribution is -0.123.